The minimum Gasteiger partial charge on any atom is -0.322 e. The fourth-order valence-corrected chi connectivity index (χ4v) is 3.55. The third kappa shape index (κ3) is 5.56. The summed E-state index contributed by atoms with van der Waals surface area (Å²) in [4.78, 5) is 24.9. The number of anilines is 1. The fourth-order valence-electron chi connectivity index (χ4n) is 3.55. The second-order valence-corrected chi connectivity index (χ2v) is 9.16. The number of rotatable bonds is 5. The van der Waals surface area contributed by atoms with Crippen LogP contribution >= 0.6 is 0 Å². The van der Waals surface area contributed by atoms with E-state index in [4.69, 9.17) is 0 Å². The van der Waals surface area contributed by atoms with Crippen LogP contribution in [-0.4, -0.2) is 18.0 Å². The summed E-state index contributed by atoms with van der Waals surface area (Å²) < 4.78 is 0. The maximum Gasteiger partial charge on any atom is 0.271 e. The van der Waals surface area contributed by atoms with Crippen LogP contribution in [0.5, 0.6) is 0 Å². The van der Waals surface area contributed by atoms with Crippen molar-refractivity contribution in [3.05, 3.63) is 113 Å². The van der Waals surface area contributed by atoms with Crippen molar-refractivity contribution in [1.29, 1.82) is 0 Å². The van der Waals surface area contributed by atoms with Gasteiger partial charge in [0.15, 0.2) is 0 Å². The van der Waals surface area contributed by atoms with E-state index in [-0.39, 0.29) is 17.2 Å². The van der Waals surface area contributed by atoms with E-state index in [1.165, 1.54) is 5.56 Å². The molecule has 4 rings (SSSR count). The number of hydrazone groups is 1. The molecule has 170 valence electrons. The zero-order chi connectivity index (χ0) is 24.1. The highest BCUT2D eigenvalue weighted by Gasteiger charge is 2.14. The van der Waals surface area contributed by atoms with E-state index in [9.17, 15) is 9.59 Å². The summed E-state index contributed by atoms with van der Waals surface area (Å²) in [7, 11) is 0. The number of benzene rings is 4. The minimum atomic E-state index is -0.326. The SMILES string of the molecule is CC(C)(C)c1ccc(C(=O)Nc2ccc(C(=O)N/N=C/c3ccc4ccccc4c3)cc2)cc1. The molecule has 4 aromatic rings. The van der Waals surface area contributed by atoms with Gasteiger partial charge in [-0.2, -0.15) is 5.10 Å². The Morgan fingerprint density at radius 2 is 1.35 bits per heavy atom. The van der Waals surface area contributed by atoms with Crippen LogP contribution in [0.3, 0.4) is 0 Å². The van der Waals surface area contributed by atoms with Gasteiger partial charge in [-0.3, -0.25) is 9.59 Å². The van der Waals surface area contributed by atoms with Crippen LogP contribution in [0.4, 0.5) is 5.69 Å². The van der Waals surface area contributed by atoms with Gasteiger partial charge in [0.25, 0.3) is 11.8 Å². The van der Waals surface area contributed by atoms with Gasteiger partial charge in [0.05, 0.1) is 6.21 Å². The second kappa shape index (κ2) is 9.71. The summed E-state index contributed by atoms with van der Waals surface area (Å²) in [5, 5.41) is 9.19. The molecule has 0 aromatic heterocycles. The summed E-state index contributed by atoms with van der Waals surface area (Å²) in [6.45, 7) is 6.40. The van der Waals surface area contributed by atoms with E-state index >= 15 is 0 Å². The lowest BCUT2D eigenvalue weighted by Gasteiger charge is -2.19. The Labute approximate surface area is 199 Å². The Morgan fingerprint density at radius 1 is 0.735 bits per heavy atom. The summed E-state index contributed by atoms with van der Waals surface area (Å²) in [5.74, 6) is -0.523. The van der Waals surface area contributed by atoms with Gasteiger partial charge in [0, 0.05) is 16.8 Å². The van der Waals surface area contributed by atoms with Gasteiger partial charge >= 0.3 is 0 Å². The van der Waals surface area contributed by atoms with Crippen LogP contribution in [0.2, 0.25) is 0 Å². The van der Waals surface area contributed by atoms with Crippen molar-refractivity contribution in [2.75, 3.05) is 5.32 Å². The predicted molar refractivity (Wildman–Crippen MR) is 139 cm³/mol. The van der Waals surface area contributed by atoms with Crippen molar-refractivity contribution in [2.45, 2.75) is 26.2 Å². The normalized spacial score (nSPS) is 11.5. The number of fused-ring (bicyclic) bond motifs is 1. The molecule has 0 aliphatic heterocycles. The molecule has 5 heteroatoms. The highest BCUT2D eigenvalue weighted by Crippen LogP contribution is 2.22. The molecule has 0 saturated heterocycles. The molecule has 5 nitrogen and oxygen atoms in total. The first-order chi connectivity index (χ1) is 16.3. The van der Waals surface area contributed by atoms with Crippen LogP contribution in [0, 0.1) is 0 Å². The molecule has 0 aliphatic carbocycles. The summed E-state index contributed by atoms with van der Waals surface area (Å²) in [5.41, 5.74) is 6.28. The highest BCUT2D eigenvalue weighted by molar-refractivity contribution is 6.04. The van der Waals surface area contributed by atoms with E-state index in [1.54, 1.807) is 30.5 Å². The number of hydrogen-bond donors (Lipinski definition) is 2. The first kappa shape index (κ1) is 22.9. The van der Waals surface area contributed by atoms with E-state index in [2.05, 4.69) is 36.6 Å². The van der Waals surface area contributed by atoms with Gasteiger partial charge in [-0.05, 0) is 69.8 Å². The molecule has 0 radical (unpaired) electrons. The quantitative estimate of drug-likeness (QED) is 0.283. The lowest BCUT2D eigenvalue weighted by molar-refractivity contribution is 0.0954. The van der Waals surface area contributed by atoms with Crippen LogP contribution < -0.4 is 10.7 Å². The average Bonchev–Trinajstić information content (AvgIpc) is 2.84. The van der Waals surface area contributed by atoms with Crippen molar-refractivity contribution in [3.8, 4) is 0 Å². The van der Waals surface area contributed by atoms with Crippen molar-refractivity contribution in [3.63, 3.8) is 0 Å². The standard InChI is InChI=1S/C29H27N3O2/c1-29(2,3)25-14-10-22(11-15-25)27(33)31-26-16-12-23(13-17-26)28(34)32-30-19-20-8-9-21-6-4-5-7-24(21)18-20/h4-19H,1-3H3,(H,31,33)(H,32,34)/b30-19+. The number of carbonyl (C=O) groups excluding carboxylic acids is 2. The van der Waals surface area contributed by atoms with Crippen molar-refractivity contribution < 1.29 is 9.59 Å². The minimum absolute atomic E-state index is 0.0327. The van der Waals surface area contributed by atoms with Crippen LogP contribution in [-0.2, 0) is 5.41 Å². The maximum atomic E-state index is 12.5. The lowest BCUT2D eigenvalue weighted by atomic mass is 9.87. The molecule has 4 aromatic carbocycles. The molecule has 0 fully saturated rings. The van der Waals surface area contributed by atoms with Gasteiger partial charge in [-0.1, -0.05) is 69.3 Å². The Bertz CT molecular complexity index is 1350. The Morgan fingerprint density at radius 3 is 2.03 bits per heavy atom. The molecule has 0 atom stereocenters. The van der Waals surface area contributed by atoms with Crippen LogP contribution in [0.1, 0.15) is 52.6 Å². The Kier molecular flexibility index (Phi) is 6.55. The molecular weight excluding hydrogens is 422 g/mol. The molecule has 0 bridgehead atoms. The average molecular weight is 450 g/mol. The van der Waals surface area contributed by atoms with Crippen molar-refractivity contribution in [2.24, 2.45) is 5.10 Å². The topological polar surface area (TPSA) is 70.6 Å². The van der Waals surface area contributed by atoms with E-state index in [1.807, 2.05) is 66.7 Å². The summed E-state index contributed by atoms with van der Waals surface area (Å²) >= 11 is 0. The zero-order valence-electron chi connectivity index (χ0n) is 19.5. The molecule has 0 unspecified atom stereocenters. The fraction of sp³-hybridized carbons (Fsp3) is 0.138. The van der Waals surface area contributed by atoms with Gasteiger partial charge in [0.1, 0.15) is 0 Å². The smallest absolute Gasteiger partial charge is 0.271 e. The monoisotopic (exact) mass is 449 g/mol. The number of hydrogen-bond acceptors (Lipinski definition) is 3. The Balaban J connectivity index is 1.34. The third-order valence-electron chi connectivity index (χ3n) is 5.57. The van der Waals surface area contributed by atoms with E-state index in [0.717, 1.165) is 16.3 Å². The summed E-state index contributed by atoms with van der Waals surface area (Å²) in [6.07, 6.45) is 1.61. The zero-order valence-corrected chi connectivity index (χ0v) is 19.5. The molecule has 0 saturated carbocycles. The predicted octanol–water partition coefficient (Wildman–Crippen LogP) is 6.15. The summed E-state index contributed by atoms with van der Waals surface area (Å²) in [6, 6.07) is 28.3. The molecule has 34 heavy (non-hydrogen) atoms. The van der Waals surface area contributed by atoms with E-state index < -0.39 is 0 Å². The number of nitrogens with one attached hydrogen (secondary N) is 2. The number of carbonyl (C=O) groups is 2. The first-order valence-corrected chi connectivity index (χ1v) is 11.1. The molecule has 2 N–H and O–H groups in total. The third-order valence-corrected chi connectivity index (χ3v) is 5.57. The van der Waals surface area contributed by atoms with Crippen molar-refractivity contribution >= 4 is 34.5 Å². The van der Waals surface area contributed by atoms with Crippen LogP contribution in [0.25, 0.3) is 10.8 Å². The molecule has 2 amide bonds. The van der Waals surface area contributed by atoms with Gasteiger partial charge in [-0.15, -0.1) is 0 Å². The molecule has 0 spiro atoms. The molecular formula is C29H27N3O2. The first-order valence-electron chi connectivity index (χ1n) is 11.1. The second-order valence-electron chi connectivity index (χ2n) is 9.16. The van der Waals surface area contributed by atoms with Gasteiger partial charge in [-0.25, -0.2) is 5.43 Å². The number of nitrogens with zero attached hydrogens (tertiary/aromatic N) is 1. The number of amides is 2. The maximum absolute atomic E-state index is 12.5. The van der Waals surface area contributed by atoms with Crippen molar-refractivity contribution in [1.82, 2.24) is 5.43 Å². The molecule has 0 aliphatic rings. The van der Waals surface area contributed by atoms with Crippen LogP contribution in [0.15, 0.2) is 96.1 Å². The van der Waals surface area contributed by atoms with Gasteiger partial charge in [0.2, 0.25) is 0 Å². The highest BCUT2D eigenvalue weighted by atomic mass is 16.2. The lowest BCUT2D eigenvalue weighted by Crippen LogP contribution is -2.18. The Hall–Kier alpha value is -4.25. The largest absolute Gasteiger partial charge is 0.322 e. The van der Waals surface area contributed by atoms with E-state index in [0.29, 0.717) is 16.8 Å². The van der Waals surface area contributed by atoms with Gasteiger partial charge < -0.3 is 5.32 Å². The molecule has 0 heterocycles.